The van der Waals surface area contributed by atoms with E-state index < -0.39 is 9.84 Å². The molecule has 5 heteroatoms. The van der Waals surface area contributed by atoms with Gasteiger partial charge in [0.25, 0.3) is 0 Å². The molecule has 0 saturated carbocycles. The van der Waals surface area contributed by atoms with Gasteiger partial charge in [-0.25, -0.2) is 8.42 Å². The van der Waals surface area contributed by atoms with Gasteiger partial charge in [0.1, 0.15) is 9.84 Å². The fourth-order valence-corrected chi connectivity index (χ4v) is 3.41. The third-order valence-corrected chi connectivity index (χ3v) is 5.92. The van der Waals surface area contributed by atoms with E-state index in [9.17, 15) is 8.42 Å². The molecule has 0 bridgehead atoms. The predicted molar refractivity (Wildman–Crippen MR) is 92.6 cm³/mol. The molecule has 0 spiro atoms. The van der Waals surface area contributed by atoms with Crippen molar-refractivity contribution in [1.29, 1.82) is 5.41 Å². The first-order chi connectivity index (χ1) is 10.5. The molecule has 0 amide bonds. The Morgan fingerprint density at radius 1 is 1.32 bits per heavy atom. The molecule has 0 aliphatic carbocycles. The molecule has 1 atom stereocenters. The molecular weight excluding hydrogens is 296 g/mol. The van der Waals surface area contributed by atoms with E-state index in [-0.39, 0.29) is 17.4 Å². The highest BCUT2D eigenvalue weighted by molar-refractivity contribution is 7.91. The smallest absolute Gasteiger partial charge is 0.150 e. The zero-order valence-electron chi connectivity index (χ0n) is 13.2. The highest BCUT2D eigenvalue weighted by Crippen LogP contribution is 2.23. The maximum Gasteiger partial charge on any atom is 0.150 e. The number of aryl methyl sites for hydroxylation is 1. The van der Waals surface area contributed by atoms with Crippen molar-refractivity contribution in [1.82, 2.24) is 4.98 Å². The third-order valence-electron chi connectivity index (χ3n) is 4.22. The summed E-state index contributed by atoms with van der Waals surface area (Å²) in [6, 6.07) is 6.09. The van der Waals surface area contributed by atoms with Crippen LogP contribution in [0.1, 0.15) is 31.4 Å². The summed E-state index contributed by atoms with van der Waals surface area (Å²) in [4.78, 5) is 3.26. The van der Waals surface area contributed by atoms with Gasteiger partial charge in [0.15, 0.2) is 0 Å². The van der Waals surface area contributed by atoms with Crippen LogP contribution in [0, 0.1) is 11.3 Å². The quantitative estimate of drug-likeness (QED) is 0.732. The van der Waals surface area contributed by atoms with Crippen molar-refractivity contribution >= 4 is 27.0 Å². The van der Waals surface area contributed by atoms with Crippen molar-refractivity contribution < 1.29 is 8.42 Å². The van der Waals surface area contributed by atoms with Gasteiger partial charge in [-0.05, 0) is 54.7 Å². The molecule has 2 N–H and O–H groups in total. The van der Waals surface area contributed by atoms with Gasteiger partial charge in [-0.3, -0.25) is 0 Å². The Kier molecular flexibility index (Phi) is 5.40. The van der Waals surface area contributed by atoms with Crippen molar-refractivity contribution in [2.75, 3.05) is 11.5 Å². The lowest BCUT2D eigenvalue weighted by molar-refractivity contribution is 0.596. The highest BCUT2D eigenvalue weighted by Gasteiger charge is 2.11. The Hall–Kier alpha value is -1.62. The summed E-state index contributed by atoms with van der Waals surface area (Å²) in [7, 11) is -2.93. The van der Waals surface area contributed by atoms with E-state index in [0.717, 1.165) is 29.3 Å². The molecule has 0 fully saturated rings. The van der Waals surface area contributed by atoms with Crippen molar-refractivity contribution in [2.45, 2.75) is 33.1 Å². The Bertz CT molecular complexity index is 747. The predicted octanol–water partition coefficient (Wildman–Crippen LogP) is 3.36. The molecule has 2 aromatic rings. The van der Waals surface area contributed by atoms with Gasteiger partial charge in [-0.15, -0.1) is 0 Å². The molecule has 1 aromatic heterocycles. The number of hydrogen-bond acceptors (Lipinski definition) is 3. The summed E-state index contributed by atoms with van der Waals surface area (Å²) >= 11 is 0. The van der Waals surface area contributed by atoms with Gasteiger partial charge < -0.3 is 10.4 Å². The van der Waals surface area contributed by atoms with E-state index >= 15 is 0 Å². The standard InChI is InChI=1S/C17H24N2O2S/c1-3-13(11-18)9-15-12-19-17-6-5-14(10-16(15)17)7-8-22(20,21)4-2/h5-6,10-13,18-19H,3-4,7-9H2,1-2H3/t13-/m1/s1. The number of benzene rings is 1. The average molecular weight is 320 g/mol. The van der Waals surface area contributed by atoms with Crippen molar-refractivity contribution in [3.05, 3.63) is 35.5 Å². The van der Waals surface area contributed by atoms with Crippen LogP contribution < -0.4 is 0 Å². The van der Waals surface area contributed by atoms with E-state index in [1.54, 1.807) is 6.92 Å². The molecule has 4 nitrogen and oxygen atoms in total. The highest BCUT2D eigenvalue weighted by atomic mass is 32.2. The molecular formula is C17H24N2O2S. The number of fused-ring (bicyclic) bond motifs is 1. The molecule has 120 valence electrons. The van der Waals surface area contributed by atoms with Crippen LogP contribution in [-0.2, 0) is 22.7 Å². The average Bonchev–Trinajstić information content (AvgIpc) is 2.93. The normalized spacial score (nSPS) is 13.4. The summed E-state index contributed by atoms with van der Waals surface area (Å²) in [5.41, 5.74) is 3.32. The van der Waals surface area contributed by atoms with Crippen LogP contribution in [0.15, 0.2) is 24.4 Å². The van der Waals surface area contributed by atoms with E-state index in [1.807, 2.05) is 18.3 Å². The second-order valence-electron chi connectivity index (χ2n) is 5.72. The number of aromatic nitrogens is 1. The van der Waals surface area contributed by atoms with E-state index in [2.05, 4.69) is 18.0 Å². The van der Waals surface area contributed by atoms with E-state index in [0.29, 0.717) is 6.42 Å². The zero-order chi connectivity index (χ0) is 16.2. The van der Waals surface area contributed by atoms with Gasteiger partial charge in [0.2, 0.25) is 0 Å². The SMILES string of the molecule is CC[C@@H](C=N)Cc1c[nH]c2ccc(CCS(=O)(=O)CC)cc12. The van der Waals surface area contributed by atoms with Crippen molar-refractivity contribution in [2.24, 2.45) is 5.92 Å². The Labute approximate surface area is 132 Å². The van der Waals surface area contributed by atoms with Crippen LogP contribution in [0.5, 0.6) is 0 Å². The minimum absolute atomic E-state index is 0.197. The summed E-state index contributed by atoms with van der Waals surface area (Å²) in [5.74, 6) is 0.651. The van der Waals surface area contributed by atoms with E-state index in [4.69, 9.17) is 5.41 Å². The Balaban J connectivity index is 2.23. The summed E-state index contributed by atoms with van der Waals surface area (Å²) < 4.78 is 23.3. The van der Waals surface area contributed by atoms with Gasteiger partial charge in [-0.2, -0.15) is 0 Å². The number of aromatic amines is 1. The zero-order valence-corrected chi connectivity index (χ0v) is 14.0. The topological polar surface area (TPSA) is 73.8 Å². The van der Waals surface area contributed by atoms with Gasteiger partial charge in [0.05, 0.1) is 5.75 Å². The summed E-state index contributed by atoms with van der Waals surface area (Å²) in [6.07, 6.45) is 5.86. The van der Waals surface area contributed by atoms with Crippen molar-refractivity contribution in [3.63, 3.8) is 0 Å². The first kappa shape index (κ1) is 16.7. The number of H-pyrrole nitrogens is 1. The maximum atomic E-state index is 11.6. The van der Waals surface area contributed by atoms with Gasteiger partial charge in [-0.1, -0.05) is 19.9 Å². The van der Waals surface area contributed by atoms with Crippen LogP contribution in [0.2, 0.25) is 0 Å². The number of rotatable bonds is 8. The fourth-order valence-electron chi connectivity index (χ4n) is 2.57. The molecule has 0 unspecified atom stereocenters. The van der Waals surface area contributed by atoms with Gasteiger partial charge in [0, 0.05) is 22.9 Å². The lowest BCUT2D eigenvalue weighted by Crippen LogP contribution is -2.10. The number of nitrogens with one attached hydrogen (secondary N) is 2. The van der Waals surface area contributed by atoms with Crippen LogP contribution in [0.4, 0.5) is 0 Å². The maximum absolute atomic E-state index is 11.6. The molecule has 2 rings (SSSR count). The molecule has 0 saturated heterocycles. The third kappa shape index (κ3) is 3.97. The molecule has 22 heavy (non-hydrogen) atoms. The minimum atomic E-state index is -2.93. The summed E-state index contributed by atoms with van der Waals surface area (Å²) in [6.45, 7) is 3.77. The molecule has 1 aromatic carbocycles. The minimum Gasteiger partial charge on any atom is -0.361 e. The van der Waals surface area contributed by atoms with Crippen LogP contribution in [0.25, 0.3) is 10.9 Å². The number of sulfone groups is 1. The lowest BCUT2D eigenvalue weighted by atomic mass is 9.97. The second-order valence-corrected chi connectivity index (χ2v) is 8.19. The molecule has 1 heterocycles. The van der Waals surface area contributed by atoms with Crippen LogP contribution in [-0.4, -0.2) is 31.1 Å². The second kappa shape index (κ2) is 7.09. The van der Waals surface area contributed by atoms with Crippen LogP contribution in [0.3, 0.4) is 0 Å². The van der Waals surface area contributed by atoms with Gasteiger partial charge >= 0.3 is 0 Å². The lowest BCUT2D eigenvalue weighted by Gasteiger charge is -2.08. The number of hydrogen-bond donors (Lipinski definition) is 2. The van der Waals surface area contributed by atoms with Crippen molar-refractivity contribution in [3.8, 4) is 0 Å². The molecule has 0 radical (unpaired) electrons. The Morgan fingerprint density at radius 3 is 2.73 bits per heavy atom. The molecule has 0 aliphatic heterocycles. The molecule has 0 aliphatic rings. The Morgan fingerprint density at radius 2 is 2.09 bits per heavy atom. The fraction of sp³-hybridized carbons (Fsp3) is 0.471. The summed E-state index contributed by atoms with van der Waals surface area (Å²) in [5, 5.41) is 8.61. The first-order valence-corrected chi connectivity index (χ1v) is 9.61. The first-order valence-electron chi connectivity index (χ1n) is 7.79. The monoisotopic (exact) mass is 320 g/mol. The van der Waals surface area contributed by atoms with Crippen LogP contribution >= 0.6 is 0 Å². The largest absolute Gasteiger partial charge is 0.361 e. The van der Waals surface area contributed by atoms with E-state index in [1.165, 1.54) is 11.8 Å².